The van der Waals surface area contributed by atoms with Gasteiger partial charge >= 0.3 is 0 Å². The van der Waals surface area contributed by atoms with Crippen molar-refractivity contribution in [3.05, 3.63) is 157 Å². The first-order valence-electron chi connectivity index (χ1n) is 43.3. The number of unbranched alkanes of at least 4 members (excludes halogenated alkanes) is 3. The van der Waals surface area contributed by atoms with E-state index in [2.05, 4.69) is 159 Å². The molecule has 0 nitrogen and oxygen atoms in total. The minimum atomic E-state index is 0.915. The summed E-state index contributed by atoms with van der Waals surface area (Å²) in [5.41, 5.74) is 1.50. The third-order valence-corrected chi connectivity index (χ3v) is 36.4. The Labute approximate surface area is 583 Å². The largest absolute Gasteiger partial charge is 0.0879 e. The molecule has 0 radical (unpaired) electrons. The third-order valence-electron chi connectivity index (χ3n) is 36.4. The maximum Gasteiger partial charge on any atom is -0.0133 e. The zero-order valence-corrected chi connectivity index (χ0v) is 59.5. The first kappa shape index (κ1) is 61.3. The van der Waals surface area contributed by atoms with Crippen molar-refractivity contribution in [3.63, 3.8) is 0 Å². The Kier molecular flexibility index (Phi) is 15.9. The van der Waals surface area contributed by atoms with E-state index in [4.69, 9.17) is 0 Å². The van der Waals surface area contributed by atoms with Gasteiger partial charge in [0.2, 0.25) is 0 Å². The van der Waals surface area contributed by atoms with Gasteiger partial charge in [0.05, 0.1) is 0 Å². The number of benzene rings is 1. The molecule has 0 saturated heterocycles. The summed E-state index contributed by atoms with van der Waals surface area (Å²) < 4.78 is 0. The first-order valence-corrected chi connectivity index (χ1v) is 43.3. The molecular weight excluding hydrogens is 1150 g/mol. The van der Waals surface area contributed by atoms with Crippen molar-refractivity contribution in [3.8, 4) is 0 Å². The maximum atomic E-state index is 2.58. The summed E-state index contributed by atoms with van der Waals surface area (Å²) in [5.74, 6) is 42.0. The third kappa shape index (κ3) is 10.3. The van der Waals surface area contributed by atoms with Crippen LogP contribution in [0.3, 0.4) is 0 Å². The number of hydrogen-bond donors (Lipinski definition) is 0. The molecule has 510 valence electrons. The Hall–Kier alpha value is -3.38. The highest BCUT2D eigenvalue weighted by Crippen LogP contribution is 2.72. The van der Waals surface area contributed by atoms with Crippen LogP contribution in [-0.2, 0) is 6.42 Å². The van der Waals surface area contributed by atoms with Crippen molar-refractivity contribution >= 4 is 0 Å². The lowest BCUT2D eigenvalue weighted by molar-refractivity contribution is 0.121. The van der Waals surface area contributed by atoms with E-state index in [1.807, 2.05) is 0 Å². The van der Waals surface area contributed by atoms with E-state index in [0.29, 0.717) is 0 Å². The molecule has 26 aliphatic carbocycles. The number of hydrogen-bond acceptors (Lipinski definition) is 0. The molecule has 38 unspecified atom stereocenters. The van der Waals surface area contributed by atoms with Crippen LogP contribution in [0.25, 0.3) is 0 Å². The van der Waals surface area contributed by atoms with Crippen molar-refractivity contribution in [1.29, 1.82) is 0 Å². The summed E-state index contributed by atoms with van der Waals surface area (Å²) in [6.45, 7) is 2.32. The maximum absolute atomic E-state index is 2.58. The van der Waals surface area contributed by atoms with Gasteiger partial charge in [-0.1, -0.05) is 197 Å². The molecule has 0 heteroatoms. The standard InChI is InChI=1S/C18H28.2C15H18.C14H20.C12H16.C12H14.C10H12/c1-2-3-4-5-6-12-9-15-11-16(12)18-14-8-7-13(10-14)17(15)18;1-2-10-11(3-1)13-7-12(10)14-8-4-5-9(6-8)15(13)14;1-2-4-12(5-3-1)6-8-14-10-13-7-9-15(14)11-13;1-3-11-5-9(1)7-13(11)14-8-10-2-4-12(14)6-10;2*1-2-8-5-7(1)11-9-3-4-10(6-9)12(8)11;1-2-9-7-4-5-8(6-7)10(9)3-1/h7-8,12-18H,2-6,9-11H2,1H3;1-2,4-5,8-15H,3,6-7H2;1-5,7,9,13-15H,6,8,10-11H2;1,3,9-14H,2,4-8H2;1-2,7-12H,3-6H2;1-4,7-12H,5-6H2;1-2,4-5,7-10H,3,6H2. The summed E-state index contributed by atoms with van der Waals surface area (Å²) in [7, 11) is 0. The molecule has 26 aliphatic rings. The van der Waals surface area contributed by atoms with Crippen LogP contribution in [0.1, 0.15) is 192 Å². The van der Waals surface area contributed by atoms with Crippen LogP contribution in [-0.4, -0.2) is 0 Å². The van der Waals surface area contributed by atoms with Crippen LogP contribution in [0.2, 0.25) is 0 Å². The smallest absolute Gasteiger partial charge is 0.0133 e. The van der Waals surface area contributed by atoms with E-state index in [1.54, 1.807) is 77.0 Å². The number of rotatable bonds is 9. The van der Waals surface area contributed by atoms with E-state index in [0.717, 1.165) is 237 Å². The highest BCUT2D eigenvalue weighted by molar-refractivity contribution is 5.29. The highest BCUT2D eigenvalue weighted by Gasteiger charge is 2.65. The Morgan fingerprint density at radius 3 is 1.40 bits per heavy atom. The van der Waals surface area contributed by atoms with Crippen molar-refractivity contribution in [2.24, 2.45) is 237 Å². The summed E-state index contributed by atoms with van der Waals surface area (Å²) in [4.78, 5) is 0. The Morgan fingerprint density at radius 1 is 0.281 bits per heavy atom. The van der Waals surface area contributed by atoms with Gasteiger partial charge in [0.1, 0.15) is 0 Å². The first-order chi connectivity index (χ1) is 47.4. The van der Waals surface area contributed by atoms with Crippen molar-refractivity contribution in [2.45, 2.75) is 193 Å². The predicted octanol–water partition coefficient (Wildman–Crippen LogP) is 23.7. The van der Waals surface area contributed by atoms with Gasteiger partial charge in [-0.25, -0.2) is 0 Å². The molecule has 38 atom stereocenters. The van der Waals surface area contributed by atoms with E-state index in [9.17, 15) is 0 Å². The molecule has 16 saturated carbocycles. The molecule has 0 aromatic heterocycles. The molecule has 27 rings (SSSR count). The van der Waals surface area contributed by atoms with Crippen LogP contribution in [0, 0.1) is 237 Å². The van der Waals surface area contributed by atoms with E-state index in [1.165, 1.54) is 115 Å². The lowest BCUT2D eigenvalue weighted by Gasteiger charge is -2.38. The van der Waals surface area contributed by atoms with Crippen LogP contribution in [0.4, 0.5) is 0 Å². The van der Waals surface area contributed by atoms with Gasteiger partial charge in [0, 0.05) is 0 Å². The predicted molar refractivity (Wildman–Crippen MR) is 396 cm³/mol. The zero-order valence-electron chi connectivity index (χ0n) is 59.5. The van der Waals surface area contributed by atoms with Crippen LogP contribution < -0.4 is 0 Å². The van der Waals surface area contributed by atoms with Crippen molar-refractivity contribution in [1.82, 2.24) is 0 Å². The summed E-state index contributed by atoms with van der Waals surface area (Å²) in [6, 6.07) is 10.9. The lowest BCUT2D eigenvalue weighted by Crippen LogP contribution is -2.34. The van der Waals surface area contributed by atoms with Gasteiger partial charge in [-0.15, -0.1) is 0 Å². The van der Waals surface area contributed by atoms with E-state index < -0.39 is 0 Å². The van der Waals surface area contributed by atoms with Gasteiger partial charge in [0.25, 0.3) is 0 Å². The van der Waals surface area contributed by atoms with Crippen LogP contribution >= 0.6 is 0 Å². The van der Waals surface area contributed by atoms with Crippen LogP contribution in [0.5, 0.6) is 0 Å². The second kappa shape index (κ2) is 25.0. The molecule has 0 amide bonds. The lowest BCUT2D eigenvalue weighted by atomic mass is 9.66. The fourth-order valence-corrected chi connectivity index (χ4v) is 33.3. The minimum Gasteiger partial charge on any atom is -0.0879 e. The second-order valence-electron chi connectivity index (χ2n) is 39.9. The van der Waals surface area contributed by atoms with Crippen molar-refractivity contribution in [2.75, 3.05) is 0 Å². The fourth-order valence-electron chi connectivity index (χ4n) is 33.3. The normalized spacial score (nSPS) is 55.3. The SMILES string of the molecule is C1=CC2C(C1)C1CC2C2C3C=CC(C3)C12.C1=CC2C3C=CC(C3)C2C1.C1=CC2CC1C1C3C=CC(C3)C21.C1=CC2CC1C1C3CCC(C3)C21.C1=CC2CC1CC2C1CC2CCC1C2.C1=CC2CC1CC2CCc1ccccc1.CCCCCCC1CC2CC1C1C3C=CC(C3)C21. The highest BCUT2D eigenvalue weighted by atomic mass is 14.7. The minimum absolute atomic E-state index is 0.915. The molecule has 16 fully saturated rings. The number of allylic oxidation sites excluding steroid dienone is 20. The van der Waals surface area contributed by atoms with E-state index >= 15 is 0 Å². The van der Waals surface area contributed by atoms with Gasteiger partial charge in [-0.3, -0.25) is 0 Å². The zero-order chi connectivity index (χ0) is 62.9. The van der Waals surface area contributed by atoms with Gasteiger partial charge < -0.3 is 0 Å². The Morgan fingerprint density at radius 2 is 0.812 bits per heavy atom. The second-order valence-corrected chi connectivity index (χ2v) is 39.9. The number of fused-ring (bicyclic) bond motifs is 50. The molecule has 0 N–H and O–H groups in total. The average Bonchev–Trinajstić information content (AvgIpc) is 1.55. The van der Waals surface area contributed by atoms with Gasteiger partial charge in [-0.2, -0.15) is 0 Å². The fraction of sp³-hybridized carbons (Fsp3) is 0.729. The van der Waals surface area contributed by atoms with Crippen molar-refractivity contribution < 1.29 is 0 Å². The molecule has 24 bridgehead atoms. The number of aryl methyl sites for hydroxylation is 1. The van der Waals surface area contributed by atoms with E-state index in [-0.39, 0.29) is 0 Å². The molecule has 96 heavy (non-hydrogen) atoms. The Bertz CT molecular complexity index is 3230. The molecule has 1 aromatic carbocycles. The van der Waals surface area contributed by atoms with Crippen LogP contribution in [0.15, 0.2) is 152 Å². The summed E-state index contributed by atoms with van der Waals surface area (Å²) in [6.07, 6.45) is 93.7. The van der Waals surface area contributed by atoms with Gasteiger partial charge in [-0.05, 0) is 390 Å². The summed E-state index contributed by atoms with van der Waals surface area (Å²) >= 11 is 0. The molecule has 0 spiro atoms. The Balaban J connectivity index is 0.0000000747. The topological polar surface area (TPSA) is 0 Å². The molecular formula is C96H126. The molecule has 1 aromatic rings. The molecule has 0 heterocycles. The average molecular weight is 1280 g/mol. The quantitative estimate of drug-likeness (QED) is 0.131. The van der Waals surface area contributed by atoms with Gasteiger partial charge in [0.15, 0.2) is 0 Å². The molecule has 0 aliphatic heterocycles. The summed E-state index contributed by atoms with van der Waals surface area (Å²) in [5, 5.41) is 0. The monoisotopic (exact) mass is 1280 g/mol.